The zero-order valence-corrected chi connectivity index (χ0v) is 17.8. The number of aryl methyl sites for hydroxylation is 1. The minimum absolute atomic E-state index is 0.0956. The maximum Gasteiger partial charge on any atom is 0.251 e. The van der Waals surface area contributed by atoms with Crippen molar-refractivity contribution in [1.82, 2.24) is 15.3 Å². The van der Waals surface area contributed by atoms with Crippen LogP contribution in [0.2, 0.25) is 0 Å². The van der Waals surface area contributed by atoms with Gasteiger partial charge in [0, 0.05) is 41.9 Å². The van der Waals surface area contributed by atoms with Crippen LogP contribution in [-0.2, 0) is 13.0 Å². The van der Waals surface area contributed by atoms with Gasteiger partial charge in [0.05, 0.1) is 10.7 Å². The lowest BCUT2D eigenvalue weighted by atomic mass is 10.2. The molecule has 1 amide bonds. The molecule has 0 aliphatic carbocycles. The number of amides is 1. The Kier molecular flexibility index (Phi) is 7.03. The largest absolute Gasteiger partial charge is 0.489 e. The molecule has 2 heterocycles. The maximum atomic E-state index is 12.5. The Morgan fingerprint density at radius 1 is 1.00 bits per heavy atom. The van der Waals surface area contributed by atoms with Gasteiger partial charge in [0.2, 0.25) is 0 Å². The molecule has 6 heteroatoms. The Labute approximate surface area is 185 Å². The van der Waals surface area contributed by atoms with Crippen molar-refractivity contribution in [2.45, 2.75) is 19.4 Å². The van der Waals surface area contributed by atoms with Crippen molar-refractivity contribution < 1.29 is 9.53 Å². The molecule has 0 aliphatic heterocycles. The van der Waals surface area contributed by atoms with Crippen molar-refractivity contribution in [3.8, 4) is 17.0 Å². The molecule has 0 saturated heterocycles. The number of pyridine rings is 1. The minimum atomic E-state index is -0.0956. The minimum Gasteiger partial charge on any atom is -0.489 e. The lowest BCUT2D eigenvalue weighted by molar-refractivity contribution is 0.0952. The molecule has 4 rings (SSSR count). The first-order valence-electron chi connectivity index (χ1n) is 10.2. The van der Waals surface area contributed by atoms with Gasteiger partial charge in [-0.25, -0.2) is 4.98 Å². The maximum absolute atomic E-state index is 12.5. The highest BCUT2D eigenvalue weighted by Gasteiger charge is 2.08. The van der Waals surface area contributed by atoms with E-state index in [0.29, 0.717) is 24.5 Å². The van der Waals surface area contributed by atoms with Crippen molar-refractivity contribution in [1.29, 1.82) is 0 Å². The number of thiazole rings is 1. The molecule has 0 radical (unpaired) electrons. The number of aromatic nitrogens is 2. The molecule has 0 spiro atoms. The van der Waals surface area contributed by atoms with E-state index in [1.165, 1.54) is 0 Å². The number of carbonyl (C=O) groups excluding carboxylic acids is 1. The topological polar surface area (TPSA) is 64.1 Å². The summed E-state index contributed by atoms with van der Waals surface area (Å²) in [6.07, 6.45) is 5.20. The summed E-state index contributed by atoms with van der Waals surface area (Å²) in [5, 5.41) is 6.11. The van der Waals surface area contributed by atoms with Crippen LogP contribution in [0.15, 0.2) is 84.5 Å². The lowest BCUT2D eigenvalue weighted by Gasteiger charge is -2.09. The van der Waals surface area contributed by atoms with Crippen LogP contribution in [0.4, 0.5) is 0 Å². The summed E-state index contributed by atoms with van der Waals surface area (Å²) < 4.78 is 5.81. The fraction of sp³-hybridized carbons (Fsp3) is 0.160. The average Bonchev–Trinajstić information content (AvgIpc) is 3.31. The molecule has 4 aromatic rings. The SMILES string of the molecule is O=C(NCCCc1nc(-c2ccncc2)cs1)c1cccc(OCc2ccccc2)c1. The van der Waals surface area contributed by atoms with Gasteiger partial charge >= 0.3 is 0 Å². The monoisotopic (exact) mass is 429 g/mol. The smallest absolute Gasteiger partial charge is 0.251 e. The molecule has 0 unspecified atom stereocenters. The molecule has 0 atom stereocenters. The van der Waals surface area contributed by atoms with E-state index in [2.05, 4.69) is 20.7 Å². The van der Waals surface area contributed by atoms with Gasteiger partial charge in [0.25, 0.3) is 5.91 Å². The first-order valence-corrected chi connectivity index (χ1v) is 11.1. The summed E-state index contributed by atoms with van der Waals surface area (Å²) >= 11 is 1.64. The molecule has 1 N–H and O–H groups in total. The number of ether oxygens (including phenoxy) is 1. The zero-order valence-electron chi connectivity index (χ0n) is 17.0. The van der Waals surface area contributed by atoms with Crippen LogP contribution < -0.4 is 10.1 Å². The Bertz CT molecular complexity index is 1110. The third-order valence-electron chi connectivity index (χ3n) is 4.73. The number of rotatable bonds is 9. The fourth-order valence-electron chi connectivity index (χ4n) is 3.09. The fourth-order valence-corrected chi connectivity index (χ4v) is 3.94. The quantitative estimate of drug-likeness (QED) is 0.374. The van der Waals surface area contributed by atoms with Crippen molar-refractivity contribution in [3.05, 3.63) is 101 Å². The van der Waals surface area contributed by atoms with Crippen molar-refractivity contribution in [2.75, 3.05) is 6.54 Å². The number of nitrogens with one attached hydrogen (secondary N) is 1. The van der Waals surface area contributed by atoms with E-state index in [1.54, 1.807) is 35.9 Å². The normalized spacial score (nSPS) is 10.6. The third kappa shape index (κ3) is 5.99. The van der Waals surface area contributed by atoms with Crippen LogP contribution in [-0.4, -0.2) is 22.4 Å². The molecule has 31 heavy (non-hydrogen) atoms. The zero-order chi connectivity index (χ0) is 21.3. The average molecular weight is 430 g/mol. The van der Waals surface area contributed by atoms with E-state index in [0.717, 1.165) is 34.7 Å². The van der Waals surface area contributed by atoms with E-state index in [4.69, 9.17) is 4.74 Å². The standard InChI is InChI=1S/C25H23N3O2S/c29-25(21-8-4-9-22(16-21)30-17-19-6-2-1-3-7-19)27-13-5-10-24-28-23(18-31-24)20-11-14-26-15-12-20/h1-4,6-9,11-12,14-16,18H,5,10,13,17H2,(H,27,29). The van der Waals surface area contributed by atoms with E-state index >= 15 is 0 Å². The van der Waals surface area contributed by atoms with Crippen LogP contribution in [0.25, 0.3) is 11.3 Å². The van der Waals surface area contributed by atoms with Crippen molar-refractivity contribution in [2.24, 2.45) is 0 Å². The highest BCUT2D eigenvalue weighted by Crippen LogP contribution is 2.21. The van der Waals surface area contributed by atoms with E-state index in [1.807, 2.05) is 54.6 Å². The van der Waals surface area contributed by atoms with Crippen LogP contribution in [0.1, 0.15) is 27.3 Å². The summed E-state index contributed by atoms with van der Waals surface area (Å²) in [5.74, 6) is 0.588. The highest BCUT2D eigenvalue weighted by atomic mass is 32.1. The molecular weight excluding hydrogens is 406 g/mol. The molecule has 0 fully saturated rings. The number of carbonyl (C=O) groups is 1. The molecule has 0 aliphatic rings. The first kappa shape index (κ1) is 20.8. The van der Waals surface area contributed by atoms with Crippen LogP contribution in [0.5, 0.6) is 5.75 Å². The van der Waals surface area contributed by atoms with Gasteiger partial charge in [-0.1, -0.05) is 36.4 Å². The molecule has 2 aromatic heterocycles. The van der Waals surface area contributed by atoms with Gasteiger partial charge in [-0.2, -0.15) is 0 Å². The molecule has 156 valence electrons. The van der Waals surface area contributed by atoms with E-state index in [9.17, 15) is 4.79 Å². The summed E-state index contributed by atoms with van der Waals surface area (Å²) in [6.45, 7) is 1.07. The Morgan fingerprint density at radius 2 is 1.84 bits per heavy atom. The Hall–Kier alpha value is -3.51. The van der Waals surface area contributed by atoms with E-state index < -0.39 is 0 Å². The first-order chi connectivity index (χ1) is 15.3. The van der Waals surface area contributed by atoms with Crippen LogP contribution in [0, 0.1) is 0 Å². The number of nitrogens with zero attached hydrogens (tertiary/aromatic N) is 2. The predicted octanol–water partition coefficient (Wildman–Crippen LogP) is 5.15. The lowest BCUT2D eigenvalue weighted by Crippen LogP contribution is -2.24. The Balaban J connectivity index is 1.23. The van der Waals surface area contributed by atoms with Gasteiger partial charge in [-0.05, 0) is 42.3 Å². The predicted molar refractivity (Wildman–Crippen MR) is 123 cm³/mol. The summed E-state index contributed by atoms with van der Waals surface area (Å²) in [6, 6.07) is 21.2. The molecule has 5 nitrogen and oxygen atoms in total. The number of hydrogen-bond acceptors (Lipinski definition) is 5. The van der Waals surface area contributed by atoms with Gasteiger partial charge in [-0.3, -0.25) is 9.78 Å². The number of benzene rings is 2. The van der Waals surface area contributed by atoms with Crippen LogP contribution in [0.3, 0.4) is 0 Å². The summed E-state index contributed by atoms with van der Waals surface area (Å²) in [7, 11) is 0. The molecule has 2 aromatic carbocycles. The molecule has 0 saturated carbocycles. The van der Waals surface area contributed by atoms with Gasteiger partial charge in [0.15, 0.2) is 0 Å². The molecule has 0 bridgehead atoms. The second kappa shape index (κ2) is 10.5. The van der Waals surface area contributed by atoms with Gasteiger partial charge < -0.3 is 10.1 Å². The third-order valence-corrected chi connectivity index (χ3v) is 5.63. The van der Waals surface area contributed by atoms with Gasteiger partial charge in [-0.15, -0.1) is 11.3 Å². The van der Waals surface area contributed by atoms with Crippen molar-refractivity contribution >= 4 is 17.2 Å². The number of hydrogen-bond donors (Lipinski definition) is 1. The second-order valence-electron chi connectivity index (χ2n) is 7.02. The van der Waals surface area contributed by atoms with Crippen LogP contribution >= 0.6 is 11.3 Å². The summed E-state index contributed by atoms with van der Waals surface area (Å²) in [5.41, 5.74) is 3.73. The Morgan fingerprint density at radius 3 is 2.68 bits per heavy atom. The van der Waals surface area contributed by atoms with Crippen molar-refractivity contribution in [3.63, 3.8) is 0 Å². The highest BCUT2D eigenvalue weighted by molar-refractivity contribution is 7.09. The second-order valence-corrected chi connectivity index (χ2v) is 7.97. The van der Waals surface area contributed by atoms with Gasteiger partial charge in [0.1, 0.15) is 12.4 Å². The van der Waals surface area contributed by atoms with E-state index in [-0.39, 0.29) is 5.91 Å². The summed E-state index contributed by atoms with van der Waals surface area (Å²) in [4.78, 5) is 21.2. The molecular formula is C25H23N3O2S.